The lowest BCUT2D eigenvalue weighted by molar-refractivity contribution is 0.416. The standard InChI is InChI=1S/C8H9N.C8H6S.C7H6N2.C7H5NO.C7H5NS.C4H4N2.C4H5N.C4H4S.C3H4N2.C3H3NO.C3H3NS.C2H2N2O.13C2H6/c2*1-2-4-8-7(3-1)5-6-9-8;3*1-2-4-7-6(3-1)8-5-9-7;1-2-5-4-6-3-1;2*1-2-4-5-3-1;3*1-2-5-3-4-1;1-3-2-5-4-1;13*1-2/h1-4,9H,5-6H2;1-6H;1-5H,(H,8,9);2*1-5H;1-4H;1-5H;1-4H;1-3H,(H,4,5);2*1-3H;1-2H;13*1-2H3. The second-order valence-electron chi connectivity index (χ2n) is 15.1. The molecule has 21 heteroatoms. The number of nitrogens with zero attached hydrogens (tertiary/aromatic N) is 10. The minimum atomic E-state index is 0.845. The first-order valence-corrected chi connectivity index (χ1v) is 41.2. The maximum absolute atomic E-state index is 5.01. The van der Waals surface area contributed by atoms with Crippen LogP contribution < -0.4 is 5.32 Å². The Hall–Kier alpha value is -10.1. The number of oxazole rings is 2. The SMILES string of the molecule is CC.CC.CC.CC.CC.CC.CC.CC.CC.CC.CC.CC.CC.c1c[nH]cn1.c1cc[nH]c1.c1ccc2[nH]cnc2c1.c1ccc2c(c1)CCN2.c1ccc2ocnc2c1.c1ccc2sccc2c1.c1ccc2scnc2c1.c1ccsc1.c1cncnc1.c1cocn1.c1cscn1.c1ncon1. The minimum Gasteiger partial charge on any atom is -0.452 e. The Balaban J connectivity index is -0.000000163. The van der Waals surface area contributed by atoms with Crippen LogP contribution in [0.3, 0.4) is 0 Å². The van der Waals surface area contributed by atoms with Crippen molar-refractivity contribution in [2.75, 3.05) is 11.9 Å². The Morgan fingerprint density at radius 3 is 1.36 bits per heavy atom. The van der Waals surface area contributed by atoms with Crippen molar-refractivity contribution in [1.29, 1.82) is 0 Å². The average Bonchev–Trinajstić information content (AvgIpc) is 1.79. The Bertz CT molecular complexity index is 3070. The molecule has 12 heterocycles. The maximum Gasteiger partial charge on any atom is 0.213 e. The van der Waals surface area contributed by atoms with Crippen molar-refractivity contribution < 1.29 is 13.4 Å². The molecule has 11 aromatic heterocycles. The lowest BCUT2D eigenvalue weighted by Gasteiger charge is -1.94. The van der Waals surface area contributed by atoms with Crippen LogP contribution in [0.1, 0.15) is 186 Å². The predicted octanol–water partition coefficient (Wildman–Crippen LogP) is 29.1. The highest BCUT2D eigenvalue weighted by Crippen LogP contribution is 2.21. The molecule has 0 bridgehead atoms. The Labute approximate surface area is 661 Å². The Kier molecular flexibility index (Phi) is 110. The topological polar surface area (TPSA) is 228 Å². The molecule has 17 nitrogen and oxygen atoms in total. The van der Waals surface area contributed by atoms with Gasteiger partial charge in [-0.05, 0) is 106 Å². The van der Waals surface area contributed by atoms with Crippen LogP contribution in [0.25, 0.3) is 42.4 Å². The van der Waals surface area contributed by atoms with Crippen LogP contribution >= 0.6 is 45.3 Å². The van der Waals surface area contributed by atoms with Crippen LogP contribution in [0.5, 0.6) is 0 Å². The van der Waals surface area contributed by atoms with Gasteiger partial charge in [0.05, 0.1) is 51.1 Å². The number of nitrogens with one attached hydrogen (secondary N) is 4. The molecule has 590 valence electrons. The number of anilines is 1. The lowest BCUT2D eigenvalue weighted by atomic mass is 10.2. The van der Waals surface area contributed by atoms with E-state index in [9.17, 15) is 0 Å². The first-order valence-electron chi connectivity index (χ1n) is 37.5. The first-order chi connectivity index (χ1) is 53.3. The van der Waals surface area contributed by atoms with Crippen LogP contribution in [-0.2, 0) is 6.42 Å². The van der Waals surface area contributed by atoms with Gasteiger partial charge < -0.3 is 33.6 Å². The summed E-state index contributed by atoms with van der Waals surface area (Å²) >= 11 is 6.78. The van der Waals surface area contributed by atoms with E-state index in [2.05, 4.69) is 145 Å². The van der Waals surface area contributed by atoms with Gasteiger partial charge in [-0.1, -0.05) is 270 Å². The number of para-hydroxylation sites is 6. The van der Waals surface area contributed by atoms with Crippen LogP contribution in [0.15, 0.2) is 304 Å². The van der Waals surface area contributed by atoms with Crippen LogP contribution in [0.2, 0.25) is 0 Å². The van der Waals surface area contributed by atoms with E-state index in [1.807, 2.05) is 305 Å². The van der Waals surface area contributed by atoms with Gasteiger partial charge in [0, 0.05) is 65.7 Å². The van der Waals surface area contributed by atoms with Crippen molar-refractivity contribution in [2.24, 2.45) is 0 Å². The van der Waals surface area contributed by atoms with E-state index < -0.39 is 0 Å². The number of benzene rings is 5. The Morgan fingerprint density at radius 2 is 0.953 bits per heavy atom. The molecule has 0 unspecified atom stereocenters. The van der Waals surface area contributed by atoms with Gasteiger partial charge in [0.25, 0.3) is 0 Å². The number of imidazole rings is 2. The number of thiophene rings is 2. The molecule has 17 rings (SSSR count). The molecule has 1 aliphatic heterocycles. The van der Waals surface area contributed by atoms with Gasteiger partial charge in [-0.25, -0.2) is 39.9 Å². The van der Waals surface area contributed by atoms with Crippen molar-refractivity contribution in [2.45, 2.75) is 186 Å². The molecule has 0 saturated heterocycles. The smallest absolute Gasteiger partial charge is 0.213 e. The van der Waals surface area contributed by atoms with E-state index in [0.717, 1.165) is 34.2 Å². The van der Waals surface area contributed by atoms with Gasteiger partial charge in [-0.3, -0.25) is 4.98 Å². The number of rotatable bonds is 0. The molecule has 5 aromatic carbocycles. The molecule has 0 radical (unpaired) electrons. The van der Waals surface area contributed by atoms with Crippen molar-refractivity contribution in [3.05, 3.63) is 296 Å². The zero-order chi connectivity index (χ0) is 82.0. The highest BCUT2D eigenvalue weighted by atomic mass is 32.1. The summed E-state index contributed by atoms with van der Waals surface area (Å²) in [7, 11) is 0. The van der Waals surface area contributed by atoms with Gasteiger partial charge in [0.2, 0.25) is 6.39 Å². The fraction of sp³-hybridized carbons (Fsp3) is 0.326. The van der Waals surface area contributed by atoms with Gasteiger partial charge in [-0.15, -0.1) is 34.0 Å². The number of thiazole rings is 2. The number of aromatic amines is 3. The van der Waals surface area contributed by atoms with Crippen molar-refractivity contribution in [1.82, 2.24) is 65.0 Å². The first kappa shape index (κ1) is 113. The zero-order valence-electron chi connectivity index (χ0n) is 69.5. The zero-order valence-corrected chi connectivity index (χ0v) is 72.7. The summed E-state index contributed by atoms with van der Waals surface area (Å²) < 4.78 is 16.3. The molecule has 0 saturated carbocycles. The van der Waals surface area contributed by atoms with E-state index in [1.54, 1.807) is 107 Å². The minimum absolute atomic E-state index is 0.845. The summed E-state index contributed by atoms with van der Waals surface area (Å²) in [5.74, 6) is 0. The third-order valence-corrected chi connectivity index (χ3v) is 12.5. The quantitative estimate of drug-likeness (QED) is 0.111. The van der Waals surface area contributed by atoms with Gasteiger partial charge in [-0.2, -0.15) is 11.3 Å². The molecule has 0 spiro atoms. The normalized spacial score (nSPS) is 8.09. The number of H-pyrrole nitrogens is 3. The van der Waals surface area contributed by atoms with Crippen molar-refractivity contribution >= 4 is 93.5 Å². The van der Waals surface area contributed by atoms with Gasteiger partial charge in [0.1, 0.15) is 18.1 Å². The average molecular weight is 1540 g/mol. The van der Waals surface area contributed by atoms with Crippen molar-refractivity contribution in [3.63, 3.8) is 0 Å². The summed E-state index contributed by atoms with van der Waals surface area (Å²) in [4.78, 5) is 42.5. The molecule has 0 atom stereocenters. The highest BCUT2D eigenvalue weighted by molar-refractivity contribution is 7.17. The third-order valence-electron chi connectivity index (χ3n) is 9.67. The molecule has 16 aromatic rings. The molecule has 1 aliphatic rings. The van der Waals surface area contributed by atoms with E-state index in [4.69, 9.17) is 4.42 Å². The van der Waals surface area contributed by atoms with Gasteiger partial charge in [0.15, 0.2) is 24.7 Å². The predicted molar refractivity (Wildman–Crippen MR) is 476 cm³/mol. The Morgan fingerprint density at radius 1 is 0.364 bits per heavy atom. The fourth-order valence-corrected chi connectivity index (χ4v) is 8.37. The molecule has 0 fully saturated rings. The molecule has 107 heavy (non-hydrogen) atoms. The fourth-order valence-electron chi connectivity index (χ4n) is 6.10. The highest BCUT2D eigenvalue weighted by Gasteiger charge is 2.06. The molecule has 0 aliphatic carbocycles. The molecular formula is C86H134N14O3S4. The monoisotopic (exact) mass is 1540 g/mol. The summed E-state index contributed by atoms with van der Waals surface area (Å²) in [6.45, 7) is 53.1. The van der Waals surface area contributed by atoms with Crippen LogP contribution in [0, 0.1) is 0 Å². The molecule has 4 N–H and O–H groups in total. The number of hydrogen-bond donors (Lipinski definition) is 4. The lowest BCUT2D eigenvalue weighted by Crippen LogP contribution is -1.90. The van der Waals surface area contributed by atoms with E-state index in [-0.39, 0.29) is 0 Å². The summed E-state index contributed by atoms with van der Waals surface area (Å²) in [6.07, 6.45) is 26.9. The third kappa shape index (κ3) is 68.8. The number of aromatic nitrogens is 13. The van der Waals surface area contributed by atoms with E-state index >= 15 is 0 Å². The van der Waals surface area contributed by atoms with Crippen molar-refractivity contribution in [3.8, 4) is 0 Å². The van der Waals surface area contributed by atoms with Gasteiger partial charge >= 0.3 is 0 Å². The largest absolute Gasteiger partial charge is 0.452 e. The maximum atomic E-state index is 5.01. The summed E-state index contributed by atoms with van der Waals surface area (Å²) in [6, 6.07) is 52.4. The summed E-state index contributed by atoms with van der Waals surface area (Å²) in [5.41, 5.74) is 11.4. The van der Waals surface area contributed by atoms with E-state index in [0.29, 0.717) is 0 Å². The second kappa shape index (κ2) is 105. The van der Waals surface area contributed by atoms with Crippen LogP contribution in [-0.4, -0.2) is 71.5 Å². The number of hydrogen-bond acceptors (Lipinski definition) is 18. The second-order valence-corrected chi connectivity index (χ2v) is 18.5. The molecular weight excluding hydrogens is 1410 g/mol. The number of fused-ring (bicyclic) bond motifs is 5. The summed E-state index contributed by atoms with van der Waals surface area (Å²) in [5, 5.41) is 16.0. The molecule has 0 amide bonds. The van der Waals surface area contributed by atoms with Crippen LogP contribution in [0.4, 0.5) is 5.69 Å². The van der Waals surface area contributed by atoms with E-state index in [1.165, 1.54) is 70.6 Å².